The first kappa shape index (κ1) is 19.0. The van der Waals surface area contributed by atoms with Gasteiger partial charge in [-0.3, -0.25) is 9.59 Å². The summed E-state index contributed by atoms with van der Waals surface area (Å²) in [7, 11) is 0. The van der Waals surface area contributed by atoms with Gasteiger partial charge in [0.2, 0.25) is 5.91 Å². The summed E-state index contributed by atoms with van der Waals surface area (Å²) in [5, 5.41) is 2.82. The molecule has 27 heavy (non-hydrogen) atoms. The fraction of sp³-hybridized carbons (Fsp3) is 0.364. The van der Waals surface area contributed by atoms with Crippen LogP contribution in [0.2, 0.25) is 0 Å². The maximum atomic E-state index is 13.2. The molecule has 0 aromatic heterocycles. The van der Waals surface area contributed by atoms with Crippen LogP contribution in [0.1, 0.15) is 49.1 Å². The predicted molar refractivity (Wildman–Crippen MR) is 106 cm³/mol. The summed E-state index contributed by atoms with van der Waals surface area (Å²) in [6.07, 6.45) is 0.0452. The molecule has 1 N–H and O–H groups in total. The molecule has 0 fully saturated rings. The second-order valence-corrected chi connectivity index (χ2v) is 7.29. The number of nitrogens with zero attached hydrogens (tertiary/aromatic N) is 1. The van der Waals surface area contributed by atoms with Crippen molar-refractivity contribution in [2.45, 2.75) is 53.3 Å². The van der Waals surface area contributed by atoms with Crippen LogP contribution >= 0.6 is 0 Å². The van der Waals surface area contributed by atoms with E-state index >= 15 is 0 Å². The Labute approximate surface area is 160 Å². The first-order valence-corrected chi connectivity index (χ1v) is 9.22. The number of carbonyl (C=O) groups is 2. The summed E-state index contributed by atoms with van der Waals surface area (Å²) in [5.74, 6) is 0.442. The summed E-state index contributed by atoms with van der Waals surface area (Å²) in [6, 6.07) is 11.1. The average Bonchev–Trinajstić information content (AvgIpc) is 2.86. The molecule has 1 aliphatic heterocycles. The maximum absolute atomic E-state index is 13.2. The monoisotopic (exact) mass is 366 g/mol. The van der Waals surface area contributed by atoms with E-state index < -0.39 is 6.04 Å². The average molecular weight is 366 g/mol. The zero-order valence-corrected chi connectivity index (χ0v) is 16.5. The summed E-state index contributed by atoms with van der Waals surface area (Å²) >= 11 is 0. The van der Waals surface area contributed by atoms with Gasteiger partial charge in [-0.1, -0.05) is 30.3 Å². The van der Waals surface area contributed by atoms with Gasteiger partial charge in [0.05, 0.1) is 18.3 Å². The molecular formula is C22H26N2O3. The fourth-order valence-electron chi connectivity index (χ4n) is 3.60. The quantitative estimate of drug-likeness (QED) is 0.875. The summed E-state index contributed by atoms with van der Waals surface area (Å²) in [6.45, 7) is 9.76. The number of ether oxygens (including phenoxy) is 1. The number of rotatable bonds is 5. The van der Waals surface area contributed by atoms with Crippen LogP contribution in [0, 0.1) is 13.8 Å². The molecule has 1 heterocycles. The predicted octanol–water partition coefficient (Wildman–Crippen LogP) is 3.81. The van der Waals surface area contributed by atoms with Crippen LogP contribution in [0.5, 0.6) is 5.75 Å². The molecule has 0 aliphatic carbocycles. The number of carbonyl (C=O) groups excluding carboxylic acids is 2. The molecule has 5 heteroatoms. The highest BCUT2D eigenvalue weighted by Gasteiger charge is 2.40. The Balaban J connectivity index is 2.04. The van der Waals surface area contributed by atoms with Crippen molar-refractivity contribution in [3.63, 3.8) is 0 Å². The first-order chi connectivity index (χ1) is 12.8. The van der Waals surface area contributed by atoms with Gasteiger partial charge in [-0.05, 0) is 44.9 Å². The third-order valence-electron chi connectivity index (χ3n) is 4.72. The summed E-state index contributed by atoms with van der Waals surface area (Å²) in [4.78, 5) is 26.7. The Hall–Kier alpha value is -2.82. The van der Waals surface area contributed by atoms with Gasteiger partial charge in [-0.2, -0.15) is 0 Å². The topological polar surface area (TPSA) is 58.6 Å². The van der Waals surface area contributed by atoms with Crippen molar-refractivity contribution >= 4 is 17.5 Å². The summed E-state index contributed by atoms with van der Waals surface area (Å²) < 4.78 is 5.92. The molecule has 1 aliphatic rings. The van der Waals surface area contributed by atoms with Crippen molar-refractivity contribution in [1.82, 2.24) is 5.32 Å². The molecule has 0 bridgehead atoms. The van der Waals surface area contributed by atoms with Crippen molar-refractivity contribution in [1.29, 1.82) is 0 Å². The van der Waals surface area contributed by atoms with E-state index in [1.807, 2.05) is 64.1 Å². The Bertz CT molecular complexity index is 889. The van der Waals surface area contributed by atoms with Crippen LogP contribution in [-0.2, 0) is 16.1 Å². The van der Waals surface area contributed by atoms with Gasteiger partial charge < -0.3 is 15.0 Å². The number of nitrogens with one attached hydrogen (secondary N) is 1. The second-order valence-electron chi connectivity index (χ2n) is 7.29. The Morgan fingerprint density at radius 1 is 1.15 bits per heavy atom. The molecule has 0 unspecified atom stereocenters. The molecule has 1 atom stereocenters. The van der Waals surface area contributed by atoms with E-state index in [-0.39, 0.29) is 17.9 Å². The lowest BCUT2D eigenvalue weighted by Crippen LogP contribution is -2.36. The smallest absolute Gasteiger partial charge is 0.254 e. The third-order valence-corrected chi connectivity index (χ3v) is 4.72. The van der Waals surface area contributed by atoms with Gasteiger partial charge in [0.25, 0.3) is 5.91 Å². The SMILES string of the molecule is CC(=O)N[C@H]1C(=O)N(Cc2ccccc2OC(C)C)c2c(C)ccc(C)c21. The molecule has 0 saturated carbocycles. The Kier molecular flexibility index (Phi) is 5.22. The first-order valence-electron chi connectivity index (χ1n) is 9.22. The van der Waals surface area contributed by atoms with E-state index in [9.17, 15) is 9.59 Å². The maximum Gasteiger partial charge on any atom is 0.254 e. The molecule has 0 spiro atoms. The van der Waals surface area contributed by atoms with Crippen molar-refractivity contribution in [2.75, 3.05) is 4.90 Å². The molecule has 5 nitrogen and oxygen atoms in total. The van der Waals surface area contributed by atoms with Gasteiger partial charge in [-0.15, -0.1) is 0 Å². The van der Waals surface area contributed by atoms with E-state index in [1.54, 1.807) is 4.90 Å². The zero-order chi connectivity index (χ0) is 19.7. The minimum atomic E-state index is -0.643. The van der Waals surface area contributed by atoms with Crippen molar-refractivity contribution in [3.8, 4) is 5.75 Å². The van der Waals surface area contributed by atoms with Crippen molar-refractivity contribution in [3.05, 3.63) is 58.7 Å². The van der Waals surface area contributed by atoms with E-state index in [0.29, 0.717) is 6.54 Å². The van der Waals surface area contributed by atoms with Crippen LogP contribution in [-0.4, -0.2) is 17.9 Å². The van der Waals surface area contributed by atoms with Crippen LogP contribution in [0.15, 0.2) is 36.4 Å². The number of hydrogen-bond acceptors (Lipinski definition) is 3. The number of amides is 2. The standard InChI is InChI=1S/C22H26N2O3/c1-13(2)27-18-9-7-6-8-17(18)12-24-21-15(4)11-10-14(3)19(21)20(22(24)26)23-16(5)25/h6-11,13,20H,12H2,1-5H3,(H,23,25)/t20-/m1/s1. The Morgan fingerprint density at radius 2 is 1.81 bits per heavy atom. The highest BCUT2D eigenvalue weighted by molar-refractivity contribution is 6.07. The lowest BCUT2D eigenvalue weighted by atomic mass is 9.99. The normalized spacial score (nSPS) is 15.9. The minimum Gasteiger partial charge on any atom is -0.491 e. The van der Waals surface area contributed by atoms with Gasteiger partial charge >= 0.3 is 0 Å². The molecular weight excluding hydrogens is 340 g/mol. The number of hydrogen-bond donors (Lipinski definition) is 1. The van der Waals surface area contributed by atoms with Crippen LogP contribution in [0.25, 0.3) is 0 Å². The van der Waals surface area contributed by atoms with Gasteiger partial charge in [0, 0.05) is 18.1 Å². The lowest BCUT2D eigenvalue weighted by molar-refractivity contribution is -0.126. The van der Waals surface area contributed by atoms with Crippen molar-refractivity contribution in [2.24, 2.45) is 0 Å². The number of fused-ring (bicyclic) bond motifs is 1. The second kappa shape index (κ2) is 7.43. The minimum absolute atomic E-state index is 0.0452. The van der Waals surface area contributed by atoms with E-state index in [4.69, 9.17) is 4.74 Å². The molecule has 2 amide bonds. The van der Waals surface area contributed by atoms with Crippen LogP contribution in [0.4, 0.5) is 5.69 Å². The number of para-hydroxylation sites is 1. The zero-order valence-electron chi connectivity index (χ0n) is 16.5. The van der Waals surface area contributed by atoms with E-state index in [1.165, 1.54) is 6.92 Å². The molecule has 2 aromatic carbocycles. The number of aryl methyl sites for hydroxylation is 2. The molecule has 3 rings (SSSR count). The molecule has 2 aromatic rings. The van der Waals surface area contributed by atoms with Gasteiger partial charge in [0.1, 0.15) is 11.8 Å². The number of anilines is 1. The Morgan fingerprint density at radius 3 is 2.48 bits per heavy atom. The van der Waals surface area contributed by atoms with E-state index in [0.717, 1.165) is 33.7 Å². The van der Waals surface area contributed by atoms with Crippen LogP contribution in [0.3, 0.4) is 0 Å². The number of benzene rings is 2. The summed E-state index contributed by atoms with van der Waals surface area (Å²) in [5.41, 5.74) is 4.72. The third kappa shape index (κ3) is 3.68. The van der Waals surface area contributed by atoms with Gasteiger partial charge in [-0.25, -0.2) is 0 Å². The van der Waals surface area contributed by atoms with Crippen LogP contribution < -0.4 is 15.0 Å². The fourth-order valence-corrected chi connectivity index (χ4v) is 3.60. The lowest BCUT2D eigenvalue weighted by Gasteiger charge is -2.22. The highest BCUT2D eigenvalue weighted by atomic mass is 16.5. The van der Waals surface area contributed by atoms with Gasteiger partial charge in [0.15, 0.2) is 0 Å². The van der Waals surface area contributed by atoms with Crippen molar-refractivity contribution < 1.29 is 14.3 Å². The largest absolute Gasteiger partial charge is 0.491 e. The molecule has 142 valence electrons. The molecule has 0 saturated heterocycles. The van der Waals surface area contributed by atoms with E-state index in [2.05, 4.69) is 5.32 Å². The molecule has 0 radical (unpaired) electrons. The highest BCUT2D eigenvalue weighted by Crippen LogP contribution is 2.42.